The maximum atomic E-state index is 12.7. The molecule has 7 nitrogen and oxygen atoms in total. The molecule has 0 aliphatic carbocycles. The van der Waals surface area contributed by atoms with Crippen LogP contribution < -0.4 is 10.1 Å². The van der Waals surface area contributed by atoms with Crippen molar-refractivity contribution in [3.63, 3.8) is 0 Å². The first-order valence-electron chi connectivity index (χ1n) is 11.8. The monoisotopic (exact) mass is 466 g/mol. The molecule has 1 aromatic carbocycles. The summed E-state index contributed by atoms with van der Waals surface area (Å²) in [6, 6.07) is 6.44. The summed E-state index contributed by atoms with van der Waals surface area (Å²) in [5.41, 5.74) is 0.938. The van der Waals surface area contributed by atoms with E-state index in [2.05, 4.69) is 33.7 Å². The number of benzene rings is 1. The number of hydrogen-bond donors (Lipinski definition) is 1. The van der Waals surface area contributed by atoms with E-state index in [1.165, 1.54) is 18.6 Å². The molecule has 2 amide bonds. The van der Waals surface area contributed by atoms with Crippen molar-refractivity contribution in [2.75, 3.05) is 58.9 Å². The summed E-state index contributed by atoms with van der Waals surface area (Å²) in [6.07, 6.45) is 1.80. The van der Waals surface area contributed by atoms with Crippen molar-refractivity contribution in [3.8, 4) is 5.75 Å². The number of likely N-dealkylation sites (tertiary alicyclic amines) is 1. The molecule has 0 radical (unpaired) electrons. The summed E-state index contributed by atoms with van der Waals surface area (Å²) < 4.78 is 28.7. The summed E-state index contributed by atoms with van der Waals surface area (Å²) in [5, 5.41) is 2.91. The maximum Gasteiger partial charge on any atom is 0.387 e. The third-order valence-corrected chi connectivity index (χ3v) is 6.30. The van der Waals surface area contributed by atoms with Gasteiger partial charge >= 0.3 is 6.61 Å². The van der Waals surface area contributed by atoms with Crippen molar-refractivity contribution in [1.29, 1.82) is 0 Å². The topological polar surface area (TPSA) is 65.1 Å². The van der Waals surface area contributed by atoms with Gasteiger partial charge < -0.3 is 15.0 Å². The van der Waals surface area contributed by atoms with Gasteiger partial charge in [0, 0.05) is 45.8 Å². The van der Waals surface area contributed by atoms with Gasteiger partial charge in [0.15, 0.2) is 0 Å². The molecule has 0 aromatic heterocycles. The molecule has 3 rings (SSSR count). The molecule has 0 bridgehead atoms. The zero-order valence-corrected chi connectivity index (χ0v) is 19.6. The van der Waals surface area contributed by atoms with Crippen molar-refractivity contribution in [1.82, 2.24) is 20.0 Å². The Morgan fingerprint density at radius 2 is 1.58 bits per heavy atom. The van der Waals surface area contributed by atoms with Crippen LogP contribution >= 0.6 is 0 Å². The van der Waals surface area contributed by atoms with Gasteiger partial charge in [-0.1, -0.05) is 26.0 Å². The number of carbonyl (C=O) groups is 2. The second kappa shape index (κ2) is 12.3. The Morgan fingerprint density at radius 3 is 2.15 bits per heavy atom. The second-order valence-electron chi connectivity index (χ2n) is 9.42. The van der Waals surface area contributed by atoms with Crippen molar-refractivity contribution < 1.29 is 23.1 Å². The number of piperazine rings is 1. The van der Waals surface area contributed by atoms with E-state index >= 15 is 0 Å². The Kier molecular flexibility index (Phi) is 9.43. The van der Waals surface area contributed by atoms with Crippen LogP contribution in [-0.4, -0.2) is 92.0 Å². The number of alkyl halides is 2. The minimum Gasteiger partial charge on any atom is -0.435 e. The third-order valence-electron chi connectivity index (χ3n) is 6.30. The fraction of sp³-hybridized carbons (Fsp3) is 0.667. The van der Waals surface area contributed by atoms with Gasteiger partial charge in [-0.05, 0) is 42.4 Å². The van der Waals surface area contributed by atoms with Crippen LogP contribution in [0.4, 0.5) is 8.78 Å². The minimum absolute atomic E-state index is 0.0338. The lowest BCUT2D eigenvalue weighted by Gasteiger charge is -2.38. The summed E-state index contributed by atoms with van der Waals surface area (Å²) in [7, 11) is 0. The fourth-order valence-electron chi connectivity index (χ4n) is 4.71. The summed E-state index contributed by atoms with van der Waals surface area (Å²) in [5.74, 6) is 1.43. The van der Waals surface area contributed by atoms with E-state index in [4.69, 9.17) is 0 Å². The second-order valence-corrected chi connectivity index (χ2v) is 9.42. The van der Waals surface area contributed by atoms with Crippen molar-refractivity contribution in [2.45, 2.75) is 33.3 Å². The number of amides is 2. The number of piperidine rings is 1. The van der Waals surface area contributed by atoms with Crippen molar-refractivity contribution in [3.05, 3.63) is 29.8 Å². The summed E-state index contributed by atoms with van der Waals surface area (Å²) in [6.45, 7) is 7.67. The zero-order chi connectivity index (χ0) is 23.8. The van der Waals surface area contributed by atoms with E-state index < -0.39 is 6.61 Å². The van der Waals surface area contributed by atoms with Gasteiger partial charge in [0.1, 0.15) is 5.75 Å². The average Bonchev–Trinajstić information content (AvgIpc) is 2.75. The molecule has 2 saturated heterocycles. The van der Waals surface area contributed by atoms with Gasteiger partial charge in [0.2, 0.25) is 11.8 Å². The van der Waals surface area contributed by atoms with E-state index in [-0.39, 0.29) is 17.6 Å². The van der Waals surface area contributed by atoms with E-state index in [1.54, 1.807) is 12.1 Å². The van der Waals surface area contributed by atoms with Crippen LogP contribution in [0.25, 0.3) is 0 Å². The summed E-state index contributed by atoms with van der Waals surface area (Å²) in [4.78, 5) is 31.3. The Balaban J connectivity index is 1.30. The molecular formula is C24H36F2N4O3. The number of hydrogen-bond acceptors (Lipinski definition) is 5. The van der Waals surface area contributed by atoms with E-state index in [1.807, 2.05) is 4.90 Å². The molecule has 0 unspecified atom stereocenters. The van der Waals surface area contributed by atoms with Gasteiger partial charge in [-0.15, -0.1) is 0 Å². The molecule has 2 atom stereocenters. The van der Waals surface area contributed by atoms with Crippen LogP contribution in [0.2, 0.25) is 0 Å². The summed E-state index contributed by atoms with van der Waals surface area (Å²) >= 11 is 0. The van der Waals surface area contributed by atoms with Crippen LogP contribution in [0.15, 0.2) is 24.3 Å². The molecule has 2 fully saturated rings. The van der Waals surface area contributed by atoms with Crippen molar-refractivity contribution in [2.24, 2.45) is 11.8 Å². The zero-order valence-electron chi connectivity index (χ0n) is 19.6. The van der Waals surface area contributed by atoms with Crippen molar-refractivity contribution >= 4 is 11.8 Å². The van der Waals surface area contributed by atoms with Gasteiger partial charge in [0.05, 0.1) is 13.1 Å². The number of rotatable bonds is 9. The lowest BCUT2D eigenvalue weighted by Crippen LogP contribution is -2.53. The quantitative estimate of drug-likeness (QED) is 0.604. The molecule has 2 heterocycles. The predicted molar refractivity (Wildman–Crippen MR) is 122 cm³/mol. The largest absolute Gasteiger partial charge is 0.435 e. The molecule has 184 valence electrons. The number of nitrogens with zero attached hydrogens (tertiary/aromatic N) is 3. The molecule has 2 aliphatic rings. The fourth-order valence-corrected chi connectivity index (χ4v) is 4.71. The highest BCUT2D eigenvalue weighted by Gasteiger charge is 2.27. The normalized spacial score (nSPS) is 22.4. The van der Waals surface area contributed by atoms with Gasteiger partial charge in [0.25, 0.3) is 0 Å². The molecule has 0 saturated carbocycles. The molecule has 33 heavy (non-hydrogen) atoms. The predicted octanol–water partition coefficient (Wildman–Crippen LogP) is 2.07. The Morgan fingerprint density at radius 1 is 1.00 bits per heavy atom. The van der Waals surface area contributed by atoms with Gasteiger partial charge in [-0.3, -0.25) is 19.4 Å². The molecule has 1 N–H and O–H groups in total. The highest BCUT2D eigenvalue weighted by Crippen LogP contribution is 2.21. The lowest BCUT2D eigenvalue weighted by molar-refractivity contribution is -0.135. The molecular weight excluding hydrogens is 430 g/mol. The van der Waals surface area contributed by atoms with Crippen LogP contribution in [0, 0.1) is 11.8 Å². The Hall–Kier alpha value is -2.26. The molecule has 2 aliphatic heterocycles. The number of carbonyl (C=O) groups excluding carboxylic acids is 2. The standard InChI is InChI=1S/C24H36F2N4O3/c1-18-13-19(2)15-30(14-18)23(32)17-29-11-9-28(10-12-29)16-22(31)27-8-7-20-3-5-21(6-4-20)33-24(25)26/h3-6,18-19,24H,7-17H2,1-2H3,(H,27,31)/t18-,19+. The van der Waals surface area contributed by atoms with Crippen LogP contribution in [0.3, 0.4) is 0 Å². The Labute approximate surface area is 195 Å². The van der Waals surface area contributed by atoms with Gasteiger partial charge in [-0.2, -0.15) is 8.78 Å². The maximum absolute atomic E-state index is 12.7. The van der Waals surface area contributed by atoms with Crippen LogP contribution in [-0.2, 0) is 16.0 Å². The van der Waals surface area contributed by atoms with Gasteiger partial charge in [-0.25, -0.2) is 0 Å². The highest BCUT2D eigenvalue weighted by atomic mass is 19.3. The first-order valence-corrected chi connectivity index (χ1v) is 11.8. The first-order chi connectivity index (χ1) is 15.8. The van der Waals surface area contributed by atoms with Crippen LogP contribution in [0.1, 0.15) is 25.8 Å². The van der Waals surface area contributed by atoms with E-state index in [9.17, 15) is 18.4 Å². The van der Waals surface area contributed by atoms with Crippen LogP contribution in [0.5, 0.6) is 5.75 Å². The average molecular weight is 467 g/mol. The molecule has 0 spiro atoms. The third kappa shape index (κ3) is 8.55. The lowest BCUT2D eigenvalue weighted by atomic mass is 9.92. The number of halogens is 2. The SMILES string of the molecule is C[C@@H]1C[C@H](C)CN(C(=O)CN2CCN(CC(=O)NCCc3ccc(OC(F)F)cc3)CC2)C1. The number of ether oxygens (including phenoxy) is 1. The number of nitrogens with one attached hydrogen (secondary N) is 1. The molecule has 9 heteroatoms. The van der Waals surface area contributed by atoms with E-state index in [0.29, 0.717) is 37.9 Å². The minimum atomic E-state index is -2.83. The molecule has 1 aromatic rings. The van der Waals surface area contributed by atoms with E-state index in [0.717, 1.165) is 44.8 Å². The Bertz CT molecular complexity index is 759. The smallest absolute Gasteiger partial charge is 0.387 e. The highest BCUT2D eigenvalue weighted by molar-refractivity contribution is 5.78. The first kappa shape index (κ1) is 25.4.